The summed E-state index contributed by atoms with van der Waals surface area (Å²) < 4.78 is 5.61. The first kappa shape index (κ1) is 24.6. The average molecular weight is 384 g/mol. The summed E-state index contributed by atoms with van der Waals surface area (Å²) in [6.45, 7) is 3.97. The van der Waals surface area contributed by atoms with Crippen molar-refractivity contribution in [2.24, 2.45) is 0 Å². The van der Waals surface area contributed by atoms with Crippen molar-refractivity contribution in [3.63, 3.8) is 0 Å². The van der Waals surface area contributed by atoms with Gasteiger partial charge in [-0.1, -0.05) is 76.9 Å². The van der Waals surface area contributed by atoms with Crippen LogP contribution in [-0.2, 0) is 4.74 Å². The zero-order chi connectivity index (χ0) is 19.6. The van der Waals surface area contributed by atoms with Crippen molar-refractivity contribution in [3.05, 3.63) is 12.2 Å². The molecule has 0 radical (unpaired) electrons. The van der Waals surface area contributed by atoms with E-state index in [0.717, 1.165) is 13.0 Å². The van der Waals surface area contributed by atoms with Gasteiger partial charge in [0, 0.05) is 13.2 Å². The van der Waals surface area contributed by atoms with Gasteiger partial charge in [0.2, 0.25) is 0 Å². The smallest absolute Gasteiger partial charge is 0.0986 e. The van der Waals surface area contributed by atoms with Crippen LogP contribution in [-0.4, -0.2) is 48.2 Å². The van der Waals surface area contributed by atoms with Gasteiger partial charge in [0.25, 0.3) is 0 Å². The Kier molecular flexibility index (Phi) is 16.1. The van der Waals surface area contributed by atoms with Crippen LogP contribution in [0.4, 0.5) is 0 Å². The number of ether oxygens (including phenoxy) is 1. The molecule has 0 unspecified atom stereocenters. The predicted molar refractivity (Wildman–Crippen MR) is 114 cm³/mol. The van der Waals surface area contributed by atoms with Gasteiger partial charge in [0.05, 0.1) is 24.9 Å². The fourth-order valence-corrected chi connectivity index (χ4v) is 3.60. The van der Waals surface area contributed by atoms with Crippen LogP contribution in [0.15, 0.2) is 12.2 Å². The number of allylic oxidation sites excluding steroid dienone is 2. The highest BCUT2D eigenvalue weighted by Crippen LogP contribution is 2.11. The second-order valence-electron chi connectivity index (χ2n) is 8.09. The molecule has 0 aromatic rings. The van der Waals surface area contributed by atoms with Gasteiger partial charge in [-0.25, -0.2) is 0 Å². The third-order valence-electron chi connectivity index (χ3n) is 5.49. The van der Waals surface area contributed by atoms with Crippen LogP contribution in [0.25, 0.3) is 0 Å². The Morgan fingerprint density at radius 3 is 1.93 bits per heavy atom. The molecule has 1 heterocycles. The molecule has 0 aromatic carbocycles. The minimum atomic E-state index is -0.690. The van der Waals surface area contributed by atoms with E-state index in [9.17, 15) is 10.2 Å². The molecule has 27 heavy (non-hydrogen) atoms. The number of β-amino-alcohol motifs (C(OH)–C–C–N with tert-alkyl or cyclic N) is 1. The van der Waals surface area contributed by atoms with E-state index >= 15 is 0 Å². The van der Waals surface area contributed by atoms with Gasteiger partial charge in [0.15, 0.2) is 0 Å². The summed E-state index contributed by atoms with van der Waals surface area (Å²) in [6.07, 6.45) is 21.8. The summed E-state index contributed by atoms with van der Waals surface area (Å²) in [5, 5.41) is 22.2. The minimum absolute atomic E-state index is 0.117. The highest BCUT2D eigenvalue weighted by molar-refractivity contribution is 4.90. The average Bonchev–Trinajstić information content (AvgIpc) is 2.99. The van der Waals surface area contributed by atoms with Crippen molar-refractivity contribution in [2.45, 2.75) is 115 Å². The van der Waals surface area contributed by atoms with Crippen LogP contribution in [0, 0.1) is 0 Å². The molecule has 0 spiro atoms. The lowest BCUT2D eigenvalue weighted by Gasteiger charge is -2.15. The van der Waals surface area contributed by atoms with Crippen molar-refractivity contribution < 1.29 is 14.9 Å². The first-order chi connectivity index (χ1) is 13.3. The number of nitrogens with one attached hydrogen (secondary N) is 1. The molecular formula is C23H45NO3. The Balaban J connectivity index is 1.73. The van der Waals surface area contributed by atoms with E-state index in [-0.39, 0.29) is 6.04 Å². The quantitative estimate of drug-likeness (QED) is 0.236. The van der Waals surface area contributed by atoms with Crippen LogP contribution in [0.5, 0.6) is 0 Å². The molecule has 1 aliphatic rings. The number of rotatable bonds is 18. The van der Waals surface area contributed by atoms with Gasteiger partial charge < -0.3 is 20.3 Å². The topological polar surface area (TPSA) is 61.7 Å². The first-order valence-corrected chi connectivity index (χ1v) is 11.6. The van der Waals surface area contributed by atoms with E-state index in [1.807, 2.05) is 0 Å². The summed E-state index contributed by atoms with van der Waals surface area (Å²) in [4.78, 5) is 0. The van der Waals surface area contributed by atoms with Gasteiger partial charge in [-0.2, -0.15) is 0 Å². The van der Waals surface area contributed by atoms with Crippen molar-refractivity contribution in [1.82, 2.24) is 5.32 Å². The Morgan fingerprint density at radius 1 is 0.815 bits per heavy atom. The molecule has 0 aromatic heterocycles. The van der Waals surface area contributed by atoms with Gasteiger partial charge in [-0.05, 0) is 32.1 Å². The third kappa shape index (κ3) is 13.4. The van der Waals surface area contributed by atoms with E-state index in [1.165, 1.54) is 83.5 Å². The number of hydrogen-bond donors (Lipinski definition) is 3. The Hall–Kier alpha value is -0.420. The van der Waals surface area contributed by atoms with Crippen LogP contribution >= 0.6 is 0 Å². The molecule has 4 heteroatoms. The molecule has 3 N–H and O–H groups in total. The SMILES string of the molecule is CCCCCCCC/C=C\CCCCCCCCOC[C@H]1NC[C@H](O)[C@@H]1O. The zero-order valence-electron chi connectivity index (χ0n) is 17.7. The maximum absolute atomic E-state index is 9.70. The van der Waals surface area contributed by atoms with E-state index in [4.69, 9.17) is 4.74 Å². The van der Waals surface area contributed by atoms with Crippen molar-refractivity contribution in [1.29, 1.82) is 0 Å². The molecule has 1 rings (SSSR count). The molecular weight excluding hydrogens is 338 g/mol. The molecule has 160 valence electrons. The van der Waals surface area contributed by atoms with Crippen molar-refractivity contribution in [3.8, 4) is 0 Å². The first-order valence-electron chi connectivity index (χ1n) is 11.6. The monoisotopic (exact) mass is 383 g/mol. The Bertz CT molecular complexity index is 349. The standard InChI is InChI=1S/C23H45NO3/c1-2-3-4-5-6-7-8-9-10-11-12-13-14-15-16-17-18-27-20-21-23(26)22(25)19-24-21/h9-10,21-26H,2-8,11-20H2,1H3/b10-9-/t21-,22+,23-/m1/s1. The van der Waals surface area contributed by atoms with E-state index in [2.05, 4.69) is 24.4 Å². The second-order valence-corrected chi connectivity index (χ2v) is 8.09. The molecule has 1 aliphatic heterocycles. The molecule has 4 nitrogen and oxygen atoms in total. The molecule has 0 amide bonds. The maximum atomic E-state index is 9.70. The molecule has 3 atom stereocenters. The normalized spacial score (nSPS) is 22.9. The third-order valence-corrected chi connectivity index (χ3v) is 5.49. The van der Waals surface area contributed by atoms with Gasteiger partial charge >= 0.3 is 0 Å². The number of unbranched alkanes of at least 4 members (excludes halogenated alkanes) is 12. The number of aliphatic hydroxyl groups excluding tert-OH is 2. The van der Waals surface area contributed by atoms with Gasteiger partial charge in [-0.15, -0.1) is 0 Å². The highest BCUT2D eigenvalue weighted by atomic mass is 16.5. The van der Waals surface area contributed by atoms with Crippen LogP contribution in [0.2, 0.25) is 0 Å². The predicted octanol–water partition coefficient (Wildman–Crippen LogP) is 4.73. The lowest BCUT2D eigenvalue weighted by molar-refractivity contribution is 0.0148. The largest absolute Gasteiger partial charge is 0.389 e. The maximum Gasteiger partial charge on any atom is 0.0986 e. The van der Waals surface area contributed by atoms with Gasteiger partial charge in [0.1, 0.15) is 0 Å². The van der Waals surface area contributed by atoms with Crippen LogP contribution in [0.1, 0.15) is 96.8 Å². The van der Waals surface area contributed by atoms with E-state index < -0.39 is 12.2 Å². The second kappa shape index (κ2) is 17.7. The van der Waals surface area contributed by atoms with Crippen molar-refractivity contribution >= 4 is 0 Å². The van der Waals surface area contributed by atoms with Gasteiger partial charge in [-0.3, -0.25) is 0 Å². The molecule has 1 fully saturated rings. The fourth-order valence-electron chi connectivity index (χ4n) is 3.60. The number of hydrogen-bond acceptors (Lipinski definition) is 4. The lowest BCUT2D eigenvalue weighted by atomic mass is 10.1. The molecule has 1 saturated heterocycles. The summed E-state index contributed by atoms with van der Waals surface area (Å²) >= 11 is 0. The van der Waals surface area contributed by atoms with Crippen LogP contribution < -0.4 is 5.32 Å². The number of aliphatic hydroxyl groups is 2. The summed E-state index contributed by atoms with van der Waals surface area (Å²) in [5.41, 5.74) is 0. The van der Waals surface area contributed by atoms with E-state index in [0.29, 0.717) is 13.2 Å². The zero-order valence-corrected chi connectivity index (χ0v) is 17.7. The molecule has 0 aliphatic carbocycles. The summed E-state index contributed by atoms with van der Waals surface area (Å²) in [5.74, 6) is 0. The Labute approximate surface area is 167 Å². The molecule has 0 saturated carbocycles. The molecule has 0 bridgehead atoms. The minimum Gasteiger partial charge on any atom is -0.389 e. The van der Waals surface area contributed by atoms with E-state index in [1.54, 1.807) is 0 Å². The summed E-state index contributed by atoms with van der Waals surface area (Å²) in [6, 6.07) is -0.117. The summed E-state index contributed by atoms with van der Waals surface area (Å²) in [7, 11) is 0. The Morgan fingerprint density at radius 2 is 1.37 bits per heavy atom. The van der Waals surface area contributed by atoms with Crippen molar-refractivity contribution in [2.75, 3.05) is 19.8 Å². The fraction of sp³-hybridized carbons (Fsp3) is 0.913. The lowest BCUT2D eigenvalue weighted by Crippen LogP contribution is -2.37. The highest BCUT2D eigenvalue weighted by Gasteiger charge is 2.32. The van der Waals surface area contributed by atoms with Crippen LogP contribution in [0.3, 0.4) is 0 Å².